The largest absolute Gasteiger partial charge is 0.431 e. The van der Waals surface area contributed by atoms with E-state index in [2.05, 4.69) is 9.47 Å². The van der Waals surface area contributed by atoms with Crippen LogP contribution in [0.25, 0.3) is 0 Å². The average molecular weight is 384 g/mol. The molecule has 1 aromatic carbocycles. The minimum Gasteiger partial charge on any atom is -0.431 e. The highest BCUT2D eigenvalue weighted by molar-refractivity contribution is 5.34. The van der Waals surface area contributed by atoms with Crippen LogP contribution in [0.1, 0.15) is 32.6 Å². The number of alkyl halides is 2. The van der Waals surface area contributed by atoms with E-state index in [9.17, 15) is 26.3 Å². The lowest BCUT2D eigenvalue weighted by molar-refractivity contribution is -0.265. The molecular formula is C17H18F6O3. The van der Waals surface area contributed by atoms with E-state index in [1.807, 2.05) is 6.92 Å². The highest BCUT2D eigenvalue weighted by Gasteiger charge is 2.45. The molecule has 0 radical (unpaired) electrons. The summed E-state index contributed by atoms with van der Waals surface area (Å²) in [6, 6.07) is -0.212. The van der Waals surface area contributed by atoms with Gasteiger partial charge < -0.3 is 14.2 Å². The van der Waals surface area contributed by atoms with E-state index in [0.29, 0.717) is 18.6 Å². The van der Waals surface area contributed by atoms with Gasteiger partial charge in [0.2, 0.25) is 0 Å². The Labute approximate surface area is 146 Å². The molecule has 146 valence electrons. The summed E-state index contributed by atoms with van der Waals surface area (Å²) in [6.45, 7) is 2.19. The highest BCUT2D eigenvalue weighted by atomic mass is 19.3. The van der Waals surface area contributed by atoms with Crippen LogP contribution in [-0.2, 0) is 4.74 Å². The van der Waals surface area contributed by atoms with Crippen LogP contribution >= 0.6 is 0 Å². The monoisotopic (exact) mass is 384 g/mol. The minimum absolute atomic E-state index is 0.0904. The van der Waals surface area contributed by atoms with Crippen molar-refractivity contribution in [2.75, 3.05) is 6.61 Å². The van der Waals surface area contributed by atoms with Gasteiger partial charge in [-0.05, 0) is 37.3 Å². The van der Waals surface area contributed by atoms with Crippen LogP contribution in [0.15, 0.2) is 30.3 Å². The van der Waals surface area contributed by atoms with Gasteiger partial charge in [-0.25, -0.2) is 4.39 Å². The quantitative estimate of drug-likeness (QED) is 0.439. The summed E-state index contributed by atoms with van der Waals surface area (Å²) in [5, 5.41) is 0. The van der Waals surface area contributed by atoms with E-state index in [4.69, 9.17) is 4.74 Å². The van der Waals surface area contributed by atoms with Crippen molar-refractivity contribution in [3.63, 3.8) is 0 Å². The fraction of sp³-hybridized carbons (Fsp3) is 0.529. The lowest BCUT2D eigenvalue weighted by Crippen LogP contribution is -2.44. The van der Waals surface area contributed by atoms with Gasteiger partial charge >= 0.3 is 18.2 Å². The van der Waals surface area contributed by atoms with E-state index in [1.54, 1.807) is 0 Å². The summed E-state index contributed by atoms with van der Waals surface area (Å²) in [5.41, 5.74) is 0. The molecule has 0 saturated carbocycles. The molecule has 1 fully saturated rings. The van der Waals surface area contributed by atoms with Crippen molar-refractivity contribution in [1.29, 1.82) is 0 Å². The standard InChI is InChI=1S/C17H18F6O3/c1-2-3-10-4-7-14(24-9-10)17(22,23)26-11-5-6-13(12(18)8-11)25-16(21)15(19)20/h5-6,8,10,14H,2-4,7,9H2,1H3. The molecular weight excluding hydrogens is 366 g/mol. The maximum absolute atomic E-state index is 14.2. The lowest BCUT2D eigenvalue weighted by atomic mass is 9.94. The number of benzene rings is 1. The van der Waals surface area contributed by atoms with Gasteiger partial charge in [0.1, 0.15) is 5.75 Å². The van der Waals surface area contributed by atoms with Crippen molar-refractivity contribution in [3.05, 3.63) is 36.1 Å². The molecule has 2 rings (SSSR count). The first-order chi connectivity index (χ1) is 12.2. The Kier molecular flexibility index (Phi) is 6.80. The van der Waals surface area contributed by atoms with E-state index < -0.39 is 41.6 Å². The molecule has 0 bridgehead atoms. The van der Waals surface area contributed by atoms with Gasteiger partial charge in [-0.15, -0.1) is 0 Å². The molecule has 1 aliphatic heterocycles. The Bertz CT molecular complexity index is 637. The van der Waals surface area contributed by atoms with Gasteiger partial charge in [0.05, 0.1) is 6.61 Å². The predicted molar refractivity (Wildman–Crippen MR) is 80.3 cm³/mol. The zero-order valence-corrected chi connectivity index (χ0v) is 13.9. The Morgan fingerprint density at radius 2 is 1.96 bits per heavy atom. The fourth-order valence-corrected chi connectivity index (χ4v) is 2.69. The molecule has 1 aromatic rings. The summed E-state index contributed by atoms with van der Waals surface area (Å²) in [4.78, 5) is 0. The minimum atomic E-state index is -3.71. The topological polar surface area (TPSA) is 27.7 Å². The Balaban J connectivity index is 2.01. The summed E-state index contributed by atoms with van der Waals surface area (Å²) >= 11 is 0. The molecule has 0 N–H and O–H groups in total. The van der Waals surface area contributed by atoms with E-state index in [0.717, 1.165) is 18.9 Å². The molecule has 0 amide bonds. The molecule has 9 heteroatoms. The Morgan fingerprint density at radius 1 is 1.23 bits per heavy atom. The molecule has 0 aliphatic carbocycles. The van der Waals surface area contributed by atoms with Crippen molar-refractivity contribution in [1.82, 2.24) is 0 Å². The summed E-state index contributed by atoms with van der Waals surface area (Å²) in [5.74, 6) is -2.56. The first-order valence-corrected chi connectivity index (χ1v) is 8.09. The maximum atomic E-state index is 14.2. The molecule has 0 spiro atoms. The highest BCUT2D eigenvalue weighted by Crippen LogP contribution is 2.35. The van der Waals surface area contributed by atoms with Crippen LogP contribution in [0.3, 0.4) is 0 Å². The van der Waals surface area contributed by atoms with Gasteiger partial charge in [-0.1, -0.05) is 13.3 Å². The number of ether oxygens (including phenoxy) is 3. The molecule has 1 saturated heterocycles. The van der Waals surface area contributed by atoms with Gasteiger partial charge in [-0.3, -0.25) is 0 Å². The maximum Gasteiger partial charge on any atom is 0.424 e. The number of rotatable bonds is 7. The van der Waals surface area contributed by atoms with E-state index >= 15 is 0 Å². The first-order valence-electron chi connectivity index (χ1n) is 8.09. The first kappa shape index (κ1) is 20.4. The molecule has 1 heterocycles. The summed E-state index contributed by atoms with van der Waals surface area (Å²) < 4.78 is 92.3. The van der Waals surface area contributed by atoms with Crippen LogP contribution < -0.4 is 9.47 Å². The molecule has 0 aromatic heterocycles. The Hall–Kier alpha value is -1.90. The second kappa shape index (κ2) is 8.66. The summed E-state index contributed by atoms with van der Waals surface area (Å²) in [7, 11) is 0. The zero-order valence-electron chi connectivity index (χ0n) is 13.9. The van der Waals surface area contributed by atoms with E-state index in [-0.39, 0.29) is 18.9 Å². The van der Waals surface area contributed by atoms with Crippen molar-refractivity contribution in [2.45, 2.75) is 44.8 Å². The third-order valence-corrected chi connectivity index (χ3v) is 3.95. The lowest BCUT2D eigenvalue weighted by Gasteiger charge is -2.33. The van der Waals surface area contributed by atoms with Gasteiger partial charge in [0.25, 0.3) is 0 Å². The van der Waals surface area contributed by atoms with Crippen LogP contribution in [0.5, 0.6) is 11.5 Å². The predicted octanol–water partition coefficient (Wildman–Crippen LogP) is 5.81. The molecule has 2 atom stereocenters. The van der Waals surface area contributed by atoms with Gasteiger partial charge in [-0.2, -0.15) is 22.0 Å². The van der Waals surface area contributed by atoms with E-state index in [1.165, 1.54) is 0 Å². The molecule has 2 unspecified atom stereocenters. The van der Waals surface area contributed by atoms with Crippen LogP contribution in [0, 0.1) is 11.7 Å². The number of hydrogen-bond donors (Lipinski definition) is 0. The SMILES string of the molecule is CCCC1CCC(C(F)(F)Oc2ccc(OC(F)=C(F)F)c(F)c2)OC1. The number of hydrogen-bond acceptors (Lipinski definition) is 3. The second-order valence-electron chi connectivity index (χ2n) is 5.95. The van der Waals surface area contributed by atoms with Crippen molar-refractivity contribution in [2.24, 2.45) is 5.92 Å². The molecule has 1 aliphatic rings. The normalized spacial score (nSPS) is 20.6. The zero-order chi connectivity index (χ0) is 19.3. The van der Waals surface area contributed by atoms with Crippen molar-refractivity contribution >= 4 is 0 Å². The third kappa shape index (κ3) is 5.30. The van der Waals surface area contributed by atoms with Gasteiger partial charge in [0.15, 0.2) is 17.7 Å². The third-order valence-electron chi connectivity index (χ3n) is 3.95. The second-order valence-corrected chi connectivity index (χ2v) is 5.95. The van der Waals surface area contributed by atoms with Crippen LogP contribution in [-0.4, -0.2) is 18.8 Å². The molecule has 26 heavy (non-hydrogen) atoms. The van der Waals surface area contributed by atoms with Gasteiger partial charge in [0, 0.05) is 6.07 Å². The molecule has 3 nitrogen and oxygen atoms in total. The number of halogens is 6. The van der Waals surface area contributed by atoms with Crippen molar-refractivity contribution < 1.29 is 40.6 Å². The van der Waals surface area contributed by atoms with Crippen LogP contribution in [0.2, 0.25) is 0 Å². The average Bonchev–Trinajstić information content (AvgIpc) is 2.57. The summed E-state index contributed by atoms with van der Waals surface area (Å²) in [6.07, 6.45) is -5.48. The fourth-order valence-electron chi connectivity index (χ4n) is 2.69. The smallest absolute Gasteiger partial charge is 0.424 e. The van der Waals surface area contributed by atoms with Crippen molar-refractivity contribution in [3.8, 4) is 11.5 Å². The Morgan fingerprint density at radius 3 is 2.50 bits per heavy atom. The van der Waals surface area contributed by atoms with Crippen LogP contribution in [0.4, 0.5) is 26.3 Å².